The number of halogens is 1. The summed E-state index contributed by atoms with van der Waals surface area (Å²) in [5, 5.41) is 6.98. The highest BCUT2D eigenvalue weighted by Crippen LogP contribution is 2.21. The highest BCUT2D eigenvalue weighted by molar-refractivity contribution is 6.02. The Hall–Kier alpha value is -2.96. The molecule has 2 aromatic rings. The van der Waals surface area contributed by atoms with E-state index in [-0.39, 0.29) is 12.4 Å². The molecule has 1 N–H and O–H groups in total. The maximum Gasteiger partial charge on any atom is 0.344 e. The van der Waals surface area contributed by atoms with Gasteiger partial charge in [0, 0.05) is 5.56 Å². The van der Waals surface area contributed by atoms with Crippen molar-refractivity contribution in [1.29, 1.82) is 0 Å². The van der Waals surface area contributed by atoms with Crippen molar-refractivity contribution in [1.82, 2.24) is 10.3 Å². The van der Waals surface area contributed by atoms with Crippen molar-refractivity contribution in [2.45, 2.75) is 0 Å². The third-order valence-corrected chi connectivity index (χ3v) is 2.85. The first-order valence-electron chi connectivity index (χ1n) is 6.13. The van der Waals surface area contributed by atoms with Crippen molar-refractivity contribution in [2.75, 3.05) is 6.54 Å². The minimum atomic E-state index is -0.568. The maximum atomic E-state index is 12.8. The minimum Gasteiger partial charge on any atom is -0.455 e. The Morgan fingerprint density at radius 2 is 1.95 bits per heavy atom. The molecule has 0 aliphatic carbocycles. The zero-order chi connectivity index (χ0) is 14.8. The van der Waals surface area contributed by atoms with Crippen LogP contribution >= 0.6 is 0 Å². The summed E-state index contributed by atoms with van der Waals surface area (Å²) in [6.45, 7) is -0.110. The topological polar surface area (TPSA) is 74.9 Å². The molecule has 0 bridgehead atoms. The molecule has 6 nitrogen and oxygen atoms in total. The van der Waals surface area contributed by atoms with Gasteiger partial charge in [0.2, 0.25) is 5.91 Å². The highest BCUT2D eigenvalue weighted by atomic mass is 19.1. The predicted octanol–water partition coefficient (Wildman–Crippen LogP) is 1.97. The molecule has 0 spiro atoms. The number of imide groups is 1. The van der Waals surface area contributed by atoms with Crippen molar-refractivity contribution in [2.24, 2.45) is 5.10 Å². The Bertz CT molecular complexity index is 721. The molecule has 3 rings (SSSR count). The van der Waals surface area contributed by atoms with Crippen LogP contribution in [0.1, 0.15) is 5.76 Å². The van der Waals surface area contributed by atoms with Gasteiger partial charge in [0.15, 0.2) is 0 Å². The number of amides is 3. The van der Waals surface area contributed by atoms with Crippen LogP contribution in [0, 0.1) is 5.82 Å². The predicted molar refractivity (Wildman–Crippen MR) is 71.9 cm³/mol. The summed E-state index contributed by atoms with van der Waals surface area (Å²) >= 11 is 0. The molecular formula is C14H10FN3O3. The first kappa shape index (κ1) is 13.0. The first-order chi connectivity index (χ1) is 10.1. The number of hydrogen-bond acceptors (Lipinski definition) is 4. The number of furan rings is 1. The monoisotopic (exact) mass is 287 g/mol. The molecule has 0 unspecified atom stereocenters. The van der Waals surface area contributed by atoms with Crippen LogP contribution in [0.2, 0.25) is 0 Å². The third kappa shape index (κ3) is 2.81. The Labute approximate surface area is 118 Å². The van der Waals surface area contributed by atoms with Gasteiger partial charge >= 0.3 is 6.03 Å². The van der Waals surface area contributed by atoms with Crippen molar-refractivity contribution in [3.05, 3.63) is 48.0 Å². The number of carbonyl (C=O) groups excluding carboxylic acids is 2. The molecule has 1 aromatic heterocycles. The van der Waals surface area contributed by atoms with E-state index in [1.807, 2.05) is 0 Å². The lowest BCUT2D eigenvalue weighted by Crippen LogP contribution is -2.24. The number of rotatable bonds is 3. The molecular weight excluding hydrogens is 277 g/mol. The molecule has 1 aromatic carbocycles. The Kier molecular flexibility index (Phi) is 3.23. The summed E-state index contributed by atoms with van der Waals surface area (Å²) in [7, 11) is 0. The fourth-order valence-electron chi connectivity index (χ4n) is 1.84. The number of urea groups is 1. The molecule has 2 heterocycles. The molecule has 0 radical (unpaired) electrons. The minimum absolute atomic E-state index is 0.110. The van der Waals surface area contributed by atoms with Gasteiger partial charge in [0.25, 0.3) is 0 Å². The van der Waals surface area contributed by atoms with E-state index >= 15 is 0 Å². The molecule has 1 aliphatic rings. The quantitative estimate of drug-likeness (QED) is 0.692. The smallest absolute Gasteiger partial charge is 0.344 e. The summed E-state index contributed by atoms with van der Waals surface area (Å²) in [4.78, 5) is 22.3. The highest BCUT2D eigenvalue weighted by Gasteiger charge is 2.25. The number of hydrazone groups is 1. The zero-order valence-electron chi connectivity index (χ0n) is 10.7. The second kappa shape index (κ2) is 5.20. The Morgan fingerprint density at radius 1 is 1.19 bits per heavy atom. The fraction of sp³-hybridized carbons (Fsp3) is 0.0714. The molecule has 1 saturated heterocycles. The molecule has 21 heavy (non-hydrogen) atoms. The van der Waals surface area contributed by atoms with Gasteiger partial charge in [-0.25, -0.2) is 14.2 Å². The van der Waals surface area contributed by atoms with Crippen LogP contribution in [0.3, 0.4) is 0 Å². The standard InChI is InChI=1S/C14H10FN3O3/c15-10-3-1-9(2-4-10)12-6-5-11(21-12)7-16-18-8-13(19)17-14(18)20/h1-7H,8H2,(H,17,19,20)/b16-7+. The van der Waals surface area contributed by atoms with Gasteiger partial charge in [0.05, 0.1) is 6.21 Å². The normalized spacial score (nSPS) is 15.0. The van der Waals surface area contributed by atoms with Crippen LogP contribution in [0.15, 0.2) is 45.9 Å². The molecule has 1 fully saturated rings. The number of hydrogen-bond donors (Lipinski definition) is 1. The molecule has 7 heteroatoms. The maximum absolute atomic E-state index is 12.8. The summed E-state index contributed by atoms with van der Waals surface area (Å²) in [5.74, 6) is 0.250. The van der Waals surface area contributed by atoms with Crippen molar-refractivity contribution < 1.29 is 18.4 Å². The van der Waals surface area contributed by atoms with Crippen LogP contribution in [0.4, 0.5) is 9.18 Å². The van der Waals surface area contributed by atoms with Crippen molar-refractivity contribution in [3.63, 3.8) is 0 Å². The van der Waals surface area contributed by atoms with E-state index in [9.17, 15) is 14.0 Å². The van der Waals surface area contributed by atoms with Gasteiger partial charge in [-0.2, -0.15) is 5.10 Å². The molecule has 0 saturated carbocycles. The van der Waals surface area contributed by atoms with Gasteiger partial charge in [-0.15, -0.1) is 0 Å². The lowest BCUT2D eigenvalue weighted by Gasteiger charge is -2.02. The number of carbonyl (C=O) groups is 2. The lowest BCUT2D eigenvalue weighted by atomic mass is 10.2. The van der Waals surface area contributed by atoms with E-state index in [4.69, 9.17) is 4.42 Å². The van der Waals surface area contributed by atoms with Crippen LogP contribution in [0.5, 0.6) is 0 Å². The van der Waals surface area contributed by atoms with E-state index in [1.165, 1.54) is 18.3 Å². The lowest BCUT2D eigenvalue weighted by molar-refractivity contribution is -0.118. The van der Waals surface area contributed by atoms with Gasteiger partial charge in [0.1, 0.15) is 23.9 Å². The number of nitrogens with zero attached hydrogens (tertiary/aromatic N) is 2. The van der Waals surface area contributed by atoms with Crippen molar-refractivity contribution in [3.8, 4) is 11.3 Å². The SMILES string of the molecule is O=C1CN(/N=C/c2ccc(-c3ccc(F)cc3)o2)C(=O)N1. The van der Waals surface area contributed by atoms with Crippen LogP contribution in [-0.4, -0.2) is 29.7 Å². The van der Waals surface area contributed by atoms with Crippen LogP contribution in [0.25, 0.3) is 11.3 Å². The molecule has 106 valence electrons. The van der Waals surface area contributed by atoms with Gasteiger partial charge in [-0.1, -0.05) is 0 Å². The van der Waals surface area contributed by atoms with Crippen molar-refractivity contribution >= 4 is 18.2 Å². The third-order valence-electron chi connectivity index (χ3n) is 2.85. The molecule has 1 aliphatic heterocycles. The Balaban J connectivity index is 1.75. The summed E-state index contributed by atoms with van der Waals surface area (Å²) < 4.78 is 18.4. The second-order valence-electron chi connectivity index (χ2n) is 4.36. The second-order valence-corrected chi connectivity index (χ2v) is 4.36. The van der Waals surface area contributed by atoms with E-state index in [2.05, 4.69) is 10.4 Å². The summed E-state index contributed by atoms with van der Waals surface area (Å²) in [5.41, 5.74) is 0.727. The van der Waals surface area contributed by atoms with Gasteiger partial charge in [-0.3, -0.25) is 10.1 Å². The first-order valence-corrected chi connectivity index (χ1v) is 6.13. The van der Waals surface area contributed by atoms with Crippen LogP contribution in [-0.2, 0) is 4.79 Å². The van der Waals surface area contributed by atoms with Gasteiger partial charge < -0.3 is 4.42 Å². The molecule has 3 amide bonds. The zero-order valence-corrected chi connectivity index (χ0v) is 10.7. The summed E-state index contributed by atoms with van der Waals surface area (Å²) in [6.07, 6.45) is 1.34. The Morgan fingerprint density at radius 3 is 2.62 bits per heavy atom. The largest absolute Gasteiger partial charge is 0.455 e. The average Bonchev–Trinajstić information content (AvgIpc) is 3.04. The van der Waals surface area contributed by atoms with Crippen LogP contribution < -0.4 is 5.32 Å². The van der Waals surface area contributed by atoms with E-state index in [0.29, 0.717) is 11.5 Å². The van der Waals surface area contributed by atoms with E-state index in [0.717, 1.165) is 10.6 Å². The number of nitrogens with one attached hydrogen (secondary N) is 1. The molecule has 0 atom stereocenters. The van der Waals surface area contributed by atoms with E-state index < -0.39 is 11.9 Å². The summed E-state index contributed by atoms with van der Waals surface area (Å²) in [6, 6.07) is 8.68. The van der Waals surface area contributed by atoms with Gasteiger partial charge in [-0.05, 0) is 36.4 Å². The fourth-order valence-corrected chi connectivity index (χ4v) is 1.84. The average molecular weight is 287 g/mol. The van der Waals surface area contributed by atoms with E-state index in [1.54, 1.807) is 24.3 Å². The number of benzene rings is 1.